The molecule has 0 aromatic heterocycles. The average molecular weight is 309 g/mol. The maximum absolute atomic E-state index is 12.1. The van der Waals surface area contributed by atoms with Crippen molar-refractivity contribution in [3.63, 3.8) is 0 Å². The fourth-order valence-corrected chi connectivity index (χ4v) is 2.70. The van der Waals surface area contributed by atoms with E-state index >= 15 is 0 Å². The number of azide groups is 1. The summed E-state index contributed by atoms with van der Waals surface area (Å²) >= 11 is 6.04. The lowest BCUT2D eigenvalue weighted by molar-refractivity contribution is -0.148. The van der Waals surface area contributed by atoms with Crippen LogP contribution in [-0.4, -0.2) is 35.0 Å². The highest BCUT2D eigenvalue weighted by Crippen LogP contribution is 2.32. The molecule has 1 aromatic rings. The molecule has 7 nitrogen and oxygen atoms in total. The van der Waals surface area contributed by atoms with Crippen LogP contribution in [0.25, 0.3) is 10.4 Å². The number of hydrogen-bond donors (Lipinski definition) is 1. The Kier molecular flexibility index (Phi) is 4.67. The summed E-state index contributed by atoms with van der Waals surface area (Å²) in [6.07, 6.45) is 0.174. The number of carboxylic acids is 1. The molecular formula is C13H13ClN4O3. The van der Waals surface area contributed by atoms with Crippen LogP contribution < -0.4 is 0 Å². The van der Waals surface area contributed by atoms with Gasteiger partial charge in [-0.15, -0.1) is 0 Å². The highest BCUT2D eigenvalue weighted by Gasteiger charge is 2.39. The summed E-state index contributed by atoms with van der Waals surface area (Å²) in [6, 6.07) is 5.43. The molecule has 1 fully saturated rings. The van der Waals surface area contributed by atoms with Crippen LogP contribution in [-0.2, 0) is 9.59 Å². The van der Waals surface area contributed by atoms with Crippen LogP contribution in [0.3, 0.4) is 0 Å². The molecule has 2 atom stereocenters. The standard InChI is InChI=1S/C13H13ClN4O3/c14-10-4-2-1-3-9(10)12(13(20)21)18-7-8(5-11(18)19)6-16-17-15/h1-4,8,12H,5-7H2,(H,20,21)/t8?,12-/m1/s1. The van der Waals surface area contributed by atoms with Gasteiger partial charge in [0.25, 0.3) is 0 Å². The smallest absolute Gasteiger partial charge is 0.331 e. The number of carbonyl (C=O) groups excluding carboxylic acids is 1. The van der Waals surface area contributed by atoms with E-state index in [1.54, 1.807) is 24.3 Å². The molecule has 2 rings (SSSR count). The number of rotatable bonds is 5. The van der Waals surface area contributed by atoms with E-state index < -0.39 is 12.0 Å². The first-order valence-electron chi connectivity index (χ1n) is 6.32. The zero-order chi connectivity index (χ0) is 15.4. The van der Waals surface area contributed by atoms with Crippen molar-refractivity contribution in [2.24, 2.45) is 11.0 Å². The highest BCUT2D eigenvalue weighted by molar-refractivity contribution is 6.31. The third kappa shape index (κ3) is 3.26. The normalized spacial score (nSPS) is 19.2. The Morgan fingerprint density at radius 3 is 2.90 bits per heavy atom. The summed E-state index contributed by atoms with van der Waals surface area (Å²) < 4.78 is 0. The molecule has 0 spiro atoms. The number of likely N-dealkylation sites (tertiary alicyclic amines) is 1. The van der Waals surface area contributed by atoms with E-state index in [0.29, 0.717) is 10.6 Å². The Balaban J connectivity index is 2.28. The number of benzene rings is 1. The fraction of sp³-hybridized carbons (Fsp3) is 0.385. The summed E-state index contributed by atoms with van der Waals surface area (Å²) in [6.45, 7) is 0.410. The second-order valence-electron chi connectivity index (χ2n) is 4.79. The van der Waals surface area contributed by atoms with Crippen LogP contribution in [0, 0.1) is 5.92 Å². The minimum Gasteiger partial charge on any atom is -0.479 e. The van der Waals surface area contributed by atoms with Crippen LogP contribution in [0.2, 0.25) is 5.02 Å². The lowest BCUT2D eigenvalue weighted by Gasteiger charge is -2.25. The van der Waals surface area contributed by atoms with Gasteiger partial charge in [0, 0.05) is 35.0 Å². The summed E-state index contributed by atoms with van der Waals surface area (Å²) in [7, 11) is 0. The van der Waals surface area contributed by atoms with Gasteiger partial charge < -0.3 is 10.0 Å². The largest absolute Gasteiger partial charge is 0.479 e. The molecule has 1 unspecified atom stereocenters. The van der Waals surface area contributed by atoms with Crippen molar-refractivity contribution < 1.29 is 14.7 Å². The lowest BCUT2D eigenvalue weighted by Crippen LogP contribution is -2.35. The number of carboxylic acid groups (broad SMARTS) is 1. The molecule has 110 valence electrons. The Hall–Kier alpha value is -2.24. The zero-order valence-corrected chi connectivity index (χ0v) is 11.8. The Morgan fingerprint density at radius 1 is 1.57 bits per heavy atom. The average Bonchev–Trinajstić information content (AvgIpc) is 2.80. The molecule has 1 amide bonds. The molecule has 1 aliphatic heterocycles. The van der Waals surface area contributed by atoms with Gasteiger partial charge in [-0.05, 0) is 17.5 Å². The molecule has 1 aromatic carbocycles. The molecule has 1 saturated heterocycles. The monoisotopic (exact) mass is 308 g/mol. The van der Waals surface area contributed by atoms with Crippen LogP contribution in [0.1, 0.15) is 18.0 Å². The van der Waals surface area contributed by atoms with Gasteiger partial charge in [-0.2, -0.15) is 0 Å². The SMILES string of the molecule is [N-]=[N+]=NCC1CC(=O)N([C@@H](C(=O)O)c2ccccc2Cl)C1. The first-order valence-corrected chi connectivity index (χ1v) is 6.70. The van der Waals surface area contributed by atoms with E-state index in [2.05, 4.69) is 10.0 Å². The van der Waals surface area contributed by atoms with Gasteiger partial charge in [-0.1, -0.05) is 34.9 Å². The van der Waals surface area contributed by atoms with Crippen molar-refractivity contribution in [3.8, 4) is 0 Å². The van der Waals surface area contributed by atoms with E-state index in [1.165, 1.54) is 4.90 Å². The molecule has 1 N–H and O–H groups in total. The number of hydrogen-bond acceptors (Lipinski definition) is 3. The third-order valence-electron chi connectivity index (χ3n) is 3.39. The quantitative estimate of drug-likeness (QED) is 0.513. The van der Waals surface area contributed by atoms with E-state index in [-0.39, 0.29) is 31.3 Å². The Bertz CT molecular complexity index is 615. The van der Waals surface area contributed by atoms with Gasteiger partial charge in [0.2, 0.25) is 5.91 Å². The van der Waals surface area contributed by atoms with Gasteiger partial charge in [-0.25, -0.2) is 4.79 Å². The fourth-order valence-electron chi connectivity index (χ4n) is 2.46. The second kappa shape index (κ2) is 6.47. The number of nitrogens with zero attached hydrogens (tertiary/aromatic N) is 4. The van der Waals surface area contributed by atoms with Crippen molar-refractivity contribution in [3.05, 3.63) is 45.3 Å². The van der Waals surface area contributed by atoms with E-state index in [9.17, 15) is 14.7 Å². The molecule has 1 heterocycles. The first-order chi connectivity index (χ1) is 10.0. The Labute approximate surface area is 125 Å². The minimum absolute atomic E-state index is 0.169. The van der Waals surface area contributed by atoms with Gasteiger partial charge in [0.1, 0.15) is 0 Å². The molecule has 0 saturated carbocycles. The molecule has 0 bridgehead atoms. The van der Waals surface area contributed by atoms with Crippen molar-refractivity contribution in [2.45, 2.75) is 12.5 Å². The van der Waals surface area contributed by atoms with Gasteiger partial charge >= 0.3 is 5.97 Å². The number of carbonyl (C=O) groups is 2. The minimum atomic E-state index is -1.14. The van der Waals surface area contributed by atoms with Crippen molar-refractivity contribution in [1.29, 1.82) is 0 Å². The molecular weight excluding hydrogens is 296 g/mol. The van der Waals surface area contributed by atoms with E-state index in [4.69, 9.17) is 17.1 Å². The Morgan fingerprint density at radius 2 is 2.29 bits per heavy atom. The number of aliphatic carboxylic acids is 1. The van der Waals surface area contributed by atoms with E-state index in [0.717, 1.165) is 0 Å². The summed E-state index contributed by atoms with van der Waals surface area (Å²) in [5, 5.41) is 13.2. The predicted octanol–water partition coefficient (Wildman–Crippen LogP) is 2.62. The van der Waals surface area contributed by atoms with Gasteiger partial charge in [0.05, 0.1) is 0 Å². The van der Waals surface area contributed by atoms with Crippen LogP contribution in [0.4, 0.5) is 0 Å². The highest BCUT2D eigenvalue weighted by atomic mass is 35.5. The van der Waals surface area contributed by atoms with Gasteiger partial charge in [-0.3, -0.25) is 4.79 Å². The maximum atomic E-state index is 12.1. The maximum Gasteiger partial charge on any atom is 0.331 e. The van der Waals surface area contributed by atoms with Crippen molar-refractivity contribution in [2.75, 3.05) is 13.1 Å². The second-order valence-corrected chi connectivity index (χ2v) is 5.20. The first kappa shape index (κ1) is 15.2. The van der Waals surface area contributed by atoms with Crippen LogP contribution >= 0.6 is 11.6 Å². The number of halogens is 1. The summed E-state index contributed by atoms with van der Waals surface area (Å²) in [5.74, 6) is -1.58. The summed E-state index contributed by atoms with van der Waals surface area (Å²) in [5.41, 5.74) is 8.70. The van der Waals surface area contributed by atoms with Crippen LogP contribution in [0.15, 0.2) is 29.4 Å². The van der Waals surface area contributed by atoms with Crippen molar-refractivity contribution >= 4 is 23.5 Å². The number of amides is 1. The van der Waals surface area contributed by atoms with E-state index in [1.807, 2.05) is 0 Å². The van der Waals surface area contributed by atoms with Crippen LogP contribution in [0.5, 0.6) is 0 Å². The predicted molar refractivity (Wildman–Crippen MR) is 75.7 cm³/mol. The van der Waals surface area contributed by atoms with Gasteiger partial charge in [0.15, 0.2) is 6.04 Å². The lowest BCUT2D eigenvalue weighted by atomic mass is 10.1. The molecule has 21 heavy (non-hydrogen) atoms. The molecule has 0 aliphatic carbocycles. The zero-order valence-electron chi connectivity index (χ0n) is 11.0. The molecule has 8 heteroatoms. The molecule has 1 aliphatic rings. The third-order valence-corrected chi connectivity index (χ3v) is 3.73. The topological polar surface area (TPSA) is 106 Å². The molecule has 0 radical (unpaired) electrons. The summed E-state index contributed by atoms with van der Waals surface area (Å²) in [4.78, 5) is 27.6. The van der Waals surface area contributed by atoms with Crippen molar-refractivity contribution in [1.82, 2.24) is 4.90 Å².